The molecule has 1 aliphatic rings. The summed E-state index contributed by atoms with van der Waals surface area (Å²) in [5, 5.41) is 1.04. The van der Waals surface area contributed by atoms with Crippen LogP contribution in [0, 0.1) is 13.8 Å². The molecule has 0 aromatic carbocycles. The van der Waals surface area contributed by atoms with Gasteiger partial charge in [-0.15, -0.1) is 0 Å². The first-order chi connectivity index (χ1) is 9.22. The maximum atomic E-state index is 4.45. The zero-order valence-electron chi connectivity index (χ0n) is 11.2. The molecule has 3 rings (SSSR count). The summed E-state index contributed by atoms with van der Waals surface area (Å²) in [5.74, 6) is 0.868. The molecular formula is C13H17N5S. The summed E-state index contributed by atoms with van der Waals surface area (Å²) in [6, 6.07) is 4.22. The van der Waals surface area contributed by atoms with Gasteiger partial charge in [-0.2, -0.15) is 4.37 Å². The van der Waals surface area contributed by atoms with Crippen molar-refractivity contribution in [2.45, 2.75) is 13.8 Å². The maximum Gasteiger partial charge on any atom is 0.205 e. The summed E-state index contributed by atoms with van der Waals surface area (Å²) in [4.78, 5) is 13.4. The SMILES string of the molecule is Cc1cc(N2CCN(c3nc(C)ns3)CC2)ccn1. The smallest absolute Gasteiger partial charge is 0.205 e. The molecule has 0 aliphatic carbocycles. The van der Waals surface area contributed by atoms with Crippen LogP contribution in [0.15, 0.2) is 18.3 Å². The third-order valence-corrected chi connectivity index (χ3v) is 4.18. The molecule has 19 heavy (non-hydrogen) atoms. The standard InChI is InChI=1S/C13H17N5S/c1-10-9-12(3-4-14-10)17-5-7-18(8-6-17)13-15-11(2)16-19-13/h3-4,9H,5-8H2,1-2H3. The molecule has 0 unspecified atom stereocenters. The third kappa shape index (κ3) is 2.68. The van der Waals surface area contributed by atoms with E-state index in [0.717, 1.165) is 42.8 Å². The zero-order valence-corrected chi connectivity index (χ0v) is 12.0. The van der Waals surface area contributed by atoms with Crippen molar-refractivity contribution >= 4 is 22.4 Å². The lowest BCUT2D eigenvalue weighted by molar-refractivity contribution is 0.651. The maximum absolute atomic E-state index is 4.45. The van der Waals surface area contributed by atoms with Gasteiger partial charge in [0.05, 0.1) is 0 Å². The van der Waals surface area contributed by atoms with Crippen molar-refractivity contribution in [2.75, 3.05) is 36.0 Å². The second kappa shape index (κ2) is 5.13. The van der Waals surface area contributed by atoms with Crippen LogP contribution in [0.25, 0.3) is 0 Å². The Morgan fingerprint density at radius 1 is 1.11 bits per heavy atom. The molecule has 0 spiro atoms. The highest BCUT2D eigenvalue weighted by Crippen LogP contribution is 2.21. The highest BCUT2D eigenvalue weighted by atomic mass is 32.1. The summed E-state index contributed by atoms with van der Waals surface area (Å²) < 4.78 is 4.25. The summed E-state index contributed by atoms with van der Waals surface area (Å²) >= 11 is 1.49. The number of anilines is 2. The minimum absolute atomic E-state index is 0.868. The second-order valence-electron chi connectivity index (χ2n) is 4.75. The molecular weight excluding hydrogens is 258 g/mol. The number of nitrogens with zero attached hydrogens (tertiary/aromatic N) is 5. The largest absolute Gasteiger partial charge is 0.368 e. The molecule has 0 N–H and O–H groups in total. The van der Waals surface area contributed by atoms with Crippen LogP contribution < -0.4 is 9.80 Å². The Labute approximate surface area is 117 Å². The Kier molecular flexibility index (Phi) is 3.33. The minimum atomic E-state index is 0.868. The van der Waals surface area contributed by atoms with Crippen LogP contribution in [0.2, 0.25) is 0 Å². The van der Waals surface area contributed by atoms with Gasteiger partial charge in [0.1, 0.15) is 5.82 Å². The summed E-state index contributed by atoms with van der Waals surface area (Å²) in [5.41, 5.74) is 2.33. The van der Waals surface area contributed by atoms with Crippen molar-refractivity contribution in [2.24, 2.45) is 0 Å². The first kappa shape index (κ1) is 12.3. The van der Waals surface area contributed by atoms with Gasteiger partial charge in [0, 0.05) is 55.3 Å². The first-order valence-corrected chi connectivity index (χ1v) is 7.22. The lowest BCUT2D eigenvalue weighted by Crippen LogP contribution is -2.46. The predicted molar refractivity (Wildman–Crippen MR) is 78.0 cm³/mol. The minimum Gasteiger partial charge on any atom is -0.368 e. The molecule has 5 nitrogen and oxygen atoms in total. The van der Waals surface area contributed by atoms with Crippen LogP contribution in [-0.4, -0.2) is 40.5 Å². The molecule has 1 saturated heterocycles. The van der Waals surface area contributed by atoms with E-state index in [2.05, 4.69) is 36.3 Å². The molecule has 1 aliphatic heterocycles. The van der Waals surface area contributed by atoms with Crippen LogP contribution in [0.5, 0.6) is 0 Å². The second-order valence-corrected chi connectivity index (χ2v) is 5.48. The summed E-state index contributed by atoms with van der Waals surface area (Å²) in [6.07, 6.45) is 1.88. The number of hydrogen-bond donors (Lipinski definition) is 0. The average molecular weight is 275 g/mol. The van der Waals surface area contributed by atoms with Gasteiger partial charge in [-0.25, -0.2) is 4.98 Å². The summed E-state index contributed by atoms with van der Waals surface area (Å²) in [6.45, 7) is 8.00. The molecule has 0 amide bonds. The van der Waals surface area contributed by atoms with E-state index in [1.165, 1.54) is 17.2 Å². The van der Waals surface area contributed by atoms with Crippen molar-refractivity contribution in [3.8, 4) is 0 Å². The molecule has 6 heteroatoms. The van der Waals surface area contributed by atoms with Crippen LogP contribution in [0.1, 0.15) is 11.5 Å². The number of rotatable bonds is 2. The van der Waals surface area contributed by atoms with Gasteiger partial charge in [-0.3, -0.25) is 4.98 Å². The van der Waals surface area contributed by atoms with E-state index in [-0.39, 0.29) is 0 Å². The topological polar surface area (TPSA) is 45.2 Å². The van der Waals surface area contributed by atoms with Crippen molar-refractivity contribution in [3.05, 3.63) is 29.8 Å². The molecule has 1 fully saturated rings. The molecule has 2 aromatic heterocycles. The van der Waals surface area contributed by atoms with Crippen molar-refractivity contribution in [3.63, 3.8) is 0 Å². The van der Waals surface area contributed by atoms with E-state index in [1.54, 1.807) is 0 Å². The Hall–Kier alpha value is -1.69. The fourth-order valence-electron chi connectivity index (χ4n) is 2.30. The average Bonchev–Trinajstić information content (AvgIpc) is 2.86. The van der Waals surface area contributed by atoms with Gasteiger partial charge in [-0.1, -0.05) is 0 Å². The van der Waals surface area contributed by atoms with Crippen molar-refractivity contribution < 1.29 is 0 Å². The van der Waals surface area contributed by atoms with Crippen LogP contribution in [0.3, 0.4) is 0 Å². The molecule has 100 valence electrons. The number of aryl methyl sites for hydroxylation is 2. The van der Waals surface area contributed by atoms with Gasteiger partial charge in [-0.05, 0) is 26.0 Å². The predicted octanol–water partition coefficient (Wildman–Crippen LogP) is 1.88. The Morgan fingerprint density at radius 2 is 1.84 bits per heavy atom. The van der Waals surface area contributed by atoms with E-state index in [0.29, 0.717) is 0 Å². The van der Waals surface area contributed by atoms with Gasteiger partial charge in [0.25, 0.3) is 0 Å². The molecule has 0 radical (unpaired) electrons. The van der Waals surface area contributed by atoms with Crippen LogP contribution in [0.4, 0.5) is 10.8 Å². The van der Waals surface area contributed by atoms with Gasteiger partial charge in [0.15, 0.2) is 0 Å². The van der Waals surface area contributed by atoms with Gasteiger partial charge in [0.2, 0.25) is 5.13 Å². The number of pyridine rings is 1. The fourth-order valence-corrected chi connectivity index (χ4v) is 3.02. The van der Waals surface area contributed by atoms with E-state index in [1.807, 2.05) is 20.0 Å². The number of aromatic nitrogens is 3. The Morgan fingerprint density at radius 3 is 2.47 bits per heavy atom. The third-order valence-electron chi connectivity index (χ3n) is 3.31. The van der Waals surface area contributed by atoms with Gasteiger partial charge >= 0.3 is 0 Å². The van der Waals surface area contributed by atoms with Gasteiger partial charge < -0.3 is 9.80 Å². The lowest BCUT2D eigenvalue weighted by Gasteiger charge is -2.35. The number of hydrogen-bond acceptors (Lipinski definition) is 6. The lowest BCUT2D eigenvalue weighted by atomic mass is 10.2. The molecule has 3 heterocycles. The fraction of sp³-hybridized carbons (Fsp3) is 0.462. The normalized spacial score (nSPS) is 15.9. The highest BCUT2D eigenvalue weighted by Gasteiger charge is 2.19. The Balaban J connectivity index is 1.66. The van der Waals surface area contributed by atoms with Crippen LogP contribution in [-0.2, 0) is 0 Å². The quantitative estimate of drug-likeness (QED) is 0.837. The van der Waals surface area contributed by atoms with Crippen LogP contribution >= 0.6 is 11.5 Å². The Bertz CT molecular complexity index is 560. The molecule has 0 saturated carbocycles. The van der Waals surface area contributed by atoms with Crippen molar-refractivity contribution in [1.29, 1.82) is 0 Å². The summed E-state index contributed by atoms with van der Waals surface area (Å²) in [7, 11) is 0. The molecule has 2 aromatic rings. The zero-order chi connectivity index (χ0) is 13.2. The molecule has 0 atom stereocenters. The van der Waals surface area contributed by atoms with E-state index >= 15 is 0 Å². The van der Waals surface area contributed by atoms with E-state index < -0.39 is 0 Å². The highest BCUT2D eigenvalue weighted by molar-refractivity contribution is 7.09. The number of piperazine rings is 1. The van der Waals surface area contributed by atoms with E-state index in [9.17, 15) is 0 Å². The monoisotopic (exact) mass is 275 g/mol. The molecule has 0 bridgehead atoms. The van der Waals surface area contributed by atoms with Crippen molar-refractivity contribution in [1.82, 2.24) is 14.3 Å². The van der Waals surface area contributed by atoms with E-state index in [4.69, 9.17) is 0 Å². The first-order valence-electron chi connectivity index (χ1n) is 6.45.